The number of thiophene rings is 1. The van der Waals surface area contributed by atoms with Crippen LogP contribution in [0.25, 0.3) is 0 Å². The third kappa shape index (κ3) is 3.40. The molecule has 1 aromatic carbocycles. The van der Waals surface area contributed by atoms with Gasteiger partial charge in [-0.1, -0.05) is 28.1 Å². The van der Waals surface area contributed by atoms with Crippen LogP contribution in [0.2, 0.25) is 0 Å². The van der Waals surface area contributed by atoms with Crippen LogP contribution in [0.4, 0.5) is 0 Å². The van der Waals surface area contributed by atoms with Gasteiger partial charge in [-0.05, 0) is 71.2 Å². The summed E-state index contributed by atoms with van der Waals surface area (Å²) in [4.78, 5) is 1.59. The summed E-state index contributed by atoms with van der Waals surface area (Å²) in [6, 6.07) is 11.5. The van der Waals surface area contributed by atoms with Crippen molar-refractivity contribution in [3.63, 3.8) is 0 Å². The minimum Gasteiger partial charge on any atom is -0.306 e. The van der Waals surface area contributed by atoms with Crippen molar-refractivity contribution in [2.75, 3.05) is 0 Å². The van der Waals surface area contributed by atoms with Crippen molar-refractivity contribution < 1.29 is 0 Å². The van der Waals surface area contributed by atoms with E-state index in [-0.39, 0.29) is 0 Å². The molecule has 0 amide bonds. The lowest BCUT2D eigenvalue weighted by Crippen LogP contribution is -2.23. The fraction of sp³-hybridized carbons (Fsp3) is 0.333. The molecule has 4 heteroatoms. The van der Waals surface area contributed by atoms with E-state index < -0.39 is 0 Å². The summed E-state index contributed by atoms with van der Waals surface area (Å²) in [5.41, 5.74) is 2.89. The summed E-state index contributed by atoms with van der Waals surface area (Å²) in [5, 5.41) is 3.71. The fourth-order valence-electron chi connectivity index (χ4n) is 2.58. The minimum atomic E-state index is 0.534. The number of benzene rings is 1. The van der Waals surface area contributed by atoms with Gasteiger partial charge in [-0.2, -0.15) is 0 Å². The van der Waals surface area contributed by atoms with Crippen LogP contribution in [0.1, 0.15) is 34.9 Å². The Morgan fingerprint density at radius 3 is 2.89 bits per heavy atom. The molecule has 1 aliphatic carbocycles. The maximum absolute atomic E-state index is 3.71. The van der Waals surface area contributed by atoms with Gasteiger partial charge in [0.2, 0.25) is 0 Å². The van der Waals surface area contributed by atoms with Gasteiger partial charge in [-0.3, -0.25) is 0 Å². The van der Waals surface area contributed by atoms with Crippen LogP contribution in [-0.4, -0.2) is 0 Å². The van der Waals surface area contributed by atoms with E-state index in [1.807, 2.05) is 11.3 Å². The standard InChI is InChI=1S/C15H15BrINS/c16-11-6-4-10(5-7-11)9-18-13-2-1-3-14-12(13)8-15(17)19-14/h4-8,13,18H,1-3,9H2. The lowest BCUT2D eigenvalue weighted by molar-refractivity contribution is 0.463. The first kappa shape index (κ1) is 14.0. The van der Waals surface area contributed by atoms with Crippen LogP contribution in [0, 0.1) is 2.88 Å². The van der Waals surface area contributed by atoms with Crippen molar-refractivity contribution in [2.45, 2.75) is 31.8 Å². The first-order chi connectivity index (χ1) is 9.22. The number of fused-ring (bicyclic) bond motifs is 1. The van der Waals surface area contributed by atoms with Gasteiger partial charge in [0.25, 0.3) is 0 Å². The quantitative estimate of drug-likeness (QED) is 0.631. The highest BCUT2D eigenvalue weighted by atomic mass is 127. The number of nitrogens with one attached hydrogen (secondary N) is 1. The Morgan fingerprint density at radius 2 is 2.11 bits per heavy atom. The second kappa shape index (κ2) is 6.24. The molecule has 1 aromatic heterocycles. The average Bonchev–Trinajstić information content (AvgIpc) is 2.79. The summed E-state index contributed by atoms with van der Waals surface area (Å²) >= 11 is 7.88. The normalized spacial score (nSPS) is 18.3. The van der Waals surface area contributed by atoms with Crippen LogP contribution >= 0.6 is 49.9 Å². The molecule has 0 saturated carbocycles. The SMILES string of the molecule is Brc1ccc(CNC2CCCc3sc(I)cc32)cc1. The van der Waals surface area contributed by atoms with Crippen molar-refractivity contribution >= 4 is 49.9 Å². The molecular formula is C15H15BrINS. The highest BCUT2D eigenvalue weighted by Crippen LogP contribution is 2.36. The Balaban J connectivity index is 1.69. The highest BCUT2D eigenvalue weighted by molar-refractivity contribution is 14.1. The van der Waals surface area contributed by atoms with E-state index in [9.17, 15) is 0 Å². The second-order valence-corrected chi connectivity index (χ2v) is 8.83. The predicted molar refractivity (Wildman–Crippen MR) is 93.7 cm³/mol. The third-order valence-corrected chi connectivity index (χ3v) is 6.05. The van der Waals surface area contributed by atoms with Gasteiger partial charge in [0.1, 0.15) is 0 Å². The molecule has 0 saturated heterocycles. The molecule has 3 rings (SSSR count). The molecule has 1 nitrogen and oxygen atoms in total. The Kier molecular flexibility index (Phi) is 4.62. The zero-order chi connectivity index (χ0) is 13.2. The first-order valence-corrected chi connectivity index (χ1v) is 9.17. The van der Waals surface area contributed by atoms with Gasteiger partial charge in [0.05, 0.1) is 2.88 Å². The topological polar surface area (TPSA) is 12.0 Å². The molecule has 1 atom stereocenters. The summed E-state index contributed by atoms with van der Waals surface area (Å²) in [6.45, 7) is 0.948. The van der Waals surface area contributed by atoms with Crippen LogP contribution in [0.15, 0.2) is 34.8 Å². The van der Waals surface area contributed by atoms with Gasteiger partial charge >= 0.3 is 0 Å². The van der Waals surface area contributed by atoms with E-state index in [2.05, 4.69) is 74.2 Å². The molecule has 1 N–H and O–H groups in total. The van der Waals surface area contributed by atoms with Gasteiger partial charge in [-0.15, -0.1) is 11.3 Å². The second-order valence-electron chi connectivity index (χ2n) is 4.88. The van der Waals surface area contributed by atoms with Crippen molar-refractivity contribution in [3.8, 4) is 0 Å². The molecule has 0 aliphatic heterocycles. The molecule has 2 aromatic rings. The van der Waals surface area contributed by atoms with Crippen LogP contribution < -0.4 is 5.32 Å². The molecule has 1 aliphatic rings. The number of halogens is 2. The van der Waals surface area contributed by atoms with E-state index in [4.69, 9.17) is 0 Å². The fourth-order valence-corrected chi connectivity index (χ4v) is 4.96. The Bertz CT molecular complexity index is 564. The molecule has 19 heavy (non-hydrogen) atoms. The molecule has 0 bridgehead atoms. The molecular weight excluding hydrogens is 433 g/mol. The molecule has 1 heterocycles. The maximum atomic E-state index is 3.71. The predicted octanol–water partition coefficient (Wildman–Crippen LogP) is 5.28. The number of rotatable bonds is 3. The first-order valence-electron chi connectivity index (χ1n) is 6.48. The Morgan fingerprint density at radius 1 is 1.32 bits per heavy atom. The summed E-state index contributed by atoms with van der Waals surface area (Å²) in [5.74, 6) is 0. The molecule has 0 spiro atoms. The van der Waals surface area contributed by atoms with E-state index in [1.165, 1.54) is 33.3 Å². The van der Waals surface area contributed by atoms with Crippen LogP contribution in [0.5, 0.6) is 0 Å². The third-order valence-electron chi connectivity index (χ3n) is 3.55. The van der Waals surface area contributed by atoms with Crippen LogP contribution in [0.3, 0.4) is 0 Å². The van der Waals surface area contributed by atoms with E-state index in [0.717, 1.165) is 11.0 Å². The molecule has 0 radical (unpaired) electrons. The Labute approximate surface area is 140 Å². The van der Waals surface area contributed by atoms with Crippen molar-refractivity contribution in [3.05, 3.63) is 53.7 Å². The number of aryl methyl sites for hydroxylation is 1. The largest absolute Gasteiger partial charge is 0.306 e. The van der Waals surface area contributed by atoms with Gasteiger partial charge in [0.15, 0.2) is 0 Å². The maximum Gasteiger partial charge on any atom is 0.0659 e. The number of hydrogen-bond acceptors (Lipinski definition) is 2. The van der Waals surface area contributed by atoms with Crippen molar-refractivity contribution in [1.82, 2.24) is 5.32 Å². The summed E-state index contributed by atoms with van der Waals surface area (Å²) in [7, 11) is 0. The van der Waals surface area contributed by atoms with E-state index >= 15 is 0 Å². The highest BCUT2D eigenvalue weighted by Gasteiger charge is 2.21. The Hall–Kier alpha value is 0.0900. The lowest BCUT2D eigenvalue weighted by atomic mass is 9.94. The monoisotopic (exact) mass is 447 g/mol. The molecule has 0 fully saturated rings. The van der Waals surface area contributed by atoms with E-state index in [1.54, 1.807) is 4.88 Å². The zero-order valence-corrected chi connectivity index (χ0v) is 15.0. The summed E-state index contributed by atoms with van der Waals surface area (Å²) < 4.78 is 2.56. The van der Waals surface area contributed by atoms with Crippen LogP contribution in [-0.2, 0) is 13.0 Å². The van der Waals surface area contributed by atoms with E-state index in [0.29, 0.717) is 6.04 Å². The molecule has 100 valence electrons. The lowest BCUT2D eigenvalue weighted by Gasteiger charge is -2.23. The zero-order valence-electron chi connectivity index (χ0n) is 10.5. The minimum absolute atomic E-state index is 0.534. The number of hydrogen-bond donors (Lipinski definition) is 1. The smallest absolute Gasteiger partial charge is 0.0659 e. The molecule has 1 unspecified atom stereocenters. The average molecular weight is 448 g/mol. The summed E-state index contributed by atoms with van der Waals surface area (Å²) in [6.07, 6.45) is 3.83. The van der Waals surface area contributed by atoms with Gasteiger partial charge in [0, 0.05) is 21.9 Å². The van der Waals surface area contributed by atoms with Crippen molar-refractivity contribution in [1.29, 1.82) is 0 Å². The van der Waals surface area contributed by atoms with Crippen molar-refractivity contribution in [2.24, 2.45) is 0 Å². The van der Waals surface area contributed by atoms with Gasteiger partial charge < -0.3 is 5.32 Å². The van der Waals surface area contributed by atoms with Gasteiger partial charge in [-0.25, -0.2) is 0 Å².